The van der Waals surface area contributed by atoms with Crippen molar-refractivity contribution in [1.82, 2.24) is 0 Å². The largest absolute Gasteiger partial charge is 0.0911 e. The highest BCUT2D eigenvalue weighted by Crippen LogP contribution is 2.05. The number of hydrogen-bond acceptors (Lipinski definition) is 0. The molecule has 0 aliphatic heterocycles. The summed E-state index contributed by atoms with van der Waals surface area (Å²) in [5, 5.41) is 4.92. The van der Waals surface area contributed by atoms with Crippen molar-refractivity contribution in [2.24, 2.45) is 0 Å². The molecular weight excluding hydrogens is 156 g/mol. The van der Waals surface area contributed by atoms with Gasteiger partial charge in [0, 0.05) is 0 Å². The minimum absolute atomic E-state index is 1.10. The maximum absolute atomic E-state index is 4.01. The van der Waals surface area contributed by atoms with E-state index in [1.165, 1.54) is 16.0 Å². The van der Waals surface area contributed by atoms with Crippen molar-refractivity contribution in [2.45, 2.75) is 6.92 Å². The summed E-state index contributed by atoms with van der Waals surface area (Å²) in [5.74, 6) is 0. The Balaban J connectivity index is 3.11. The minimum atomic E-state index is 1.10. The molecule has 0 aliphatic rings. The van der Waals surface area contributed by atoms with Crippen molar-refractivity contribution in [3.8, 4) is 0 Å². The van der Waals surface area contributed by atoms with Gasteiger partial charge in [0.1, 0.15) is 0 Å². The van der Waals surface area contributed by atoms with Gasteiger partial charge in [-0.3, -0.25) is 0 Å². The Morgan fingerprint density at radius 3 is 2.62 bits per heavy atom. The fraction of sp³-hybridized carbons (Fsp3) is 0.0769. The molecule has 0 aromatic heterocycles. The van der Waals surface area contributed by atoms with Gasteiger partial charge < -0.3 is 0 Å². The van der Waals surface area contributed by atoms with Crippen LogP contribution in [-0.2, 0) is 0 Å². The van der Waals surface area contributed by atoms with E-state index in [9.17, 15) is 0 Å². The molecule has 0 amide bonds. The summed E-state index contributed by atoms with van der Waals surface area (Å²) in [5.41, 5.74) is 0. The van der Waals surface area contributed by atoms with Crippen LogP contribution in [0.4, 0.5) is 0 Å². The second-order valence-corrected chi connectivity index (χ2v) is 3.15. The highest BCUT2D eigenvalue weighted by atomic mass is 14.0. The van der Waals surface area contributed by atoms with Crippen LogP contribution in [0, 0.1) is 0 Å². The lowest BCUT2D eigenvalue weighted by Gasteiger charge is -1.97. The number of benzene rings is 2. The zero-order chi connectivity index (χ0) is 9.26. The van der Waals surface area contributed by atoms with Gasteiger partial charge in [0.25, 0.3) is 0 Å². The van der Waals surface area contributed by atoms with Crippen molar-refractivity contribution in [3.05, 3.63) is 46.8 Å². The van der Waals surface area contributed by atoms with E-state index in [1.54, 1.807) is 0 Å². The first-order valence-electron chi connectivity index (χ1n) is 4.46. The third-order valence-electron chi connectivity index (χ3n) is 2.35. The smallest absolute Gasteiger partial charge is 0.0109 e. The number of fused-ring (bicyclic) bond motifs is 1. The Labute approximate surface area is 77.8 Å². The summed E-state index contributed by atoms with van der Waals surface area (Å²) in [6, 6.07) is 12.6. The van der Waals surface area contributed by atoms with Crippen molar-refractivity contribution in [2.75, 3.05) is 0 Å². The molecular formula is C13H12. The predicted octanol–water partition coefficient (Wildman–Crippen LogP) is 2.05. The second kappa shape index (κ2) is 3.06. The Hall–Kier alpha value is -1.56. The van der Waals surface area contributed by atoms with Gasteiger partial charge in [0.2, 0.25) is 0 Å². The zero-order valence-corrected chi connectivity index (χ0v) is 7.75. The molecule has 0 heterocycles. The van der Waals surface area contributed by atoms with E-state index < -0.39 is 0 Å². The van der Waals surface area contributed by atoms with Crippen molar-refractivity contribution in [3.63, 3.8) is 0 Å². The standard InChI is InChI=1S/C13H12/c1-3-12-10(2)8-9-11-6-4-5-7-13(11)12/h3-9H,2H2,1H3/b12-3+. The normalized spacial score (nSPS) is 12.2. The van der Waals surface area contributed by atoms with Crippen LogP contribution in [0.25, 0.3) is 23.4 Å². The molecule has 64 valence electrons. The average Bonchev–Trinajstić information content (AvgIpc) is 2.18. The maximum atomic E-state index is 4.01. The molecule has 0 N–H and O–H groups in total. The van der Waals surface area contributed by atoms with Crippen LogP contribution < -0.4 is 10.4 Å². The average molecular weight is 168 g/mol. The third-order valence-corrected chi connectivity index (χ3v) is 2.35. The predicted molar refractivity (Wildman–Crippen MR) is 58.9 cm³/mol. The third kappa shape index (κ3) is 1.25. The highest BCUT2D eigenvalue weighted by molar-refractivity contribution is 5.83. The summed E-state index contributed by atoms with van der Waals surface area (Å²) in [6.45, 7) is 6.06. The van der Waals surface area contributed by atoms with E-state index in [4.69, 9.17) is 0 Å². The van der Waals surface area contributed by atoms with E-state index in [0.29, 0.717) is 0 Å². The Morgan fingerprint density at radius 1 is 1.08 bits per heavy atom. The SMILES string of the molecule is C=c1ccc2ccccc2/c1=C/C. The summed E-state index contributed by atoms with van der Waals surface area (Å²) in [4.78, 5) is 0. The molecule has 2 rings (SSSR count). The Kier molecular flexibility index (Phi) is 1.90. The molecule has 0 spiro atoms. The Morgan fingerprint density at radius 2 is 1.85 bits per heavy atom. The van der Waals surface area contributed by atoms with Crippen molar-refractivity contribution < 1.29 is 0 Å². The summed E-state index contributed by atoms with van der Waals surface area (Å²) < 4.78 is 0. The van der Waals surface area contributed by atoms with Crippen LogP contribution >= 0.6 is 0 Å². The van der Waals surface area contributed by atoms with Crippen LogP contribution in [-0.4, -0.2) is 0 Å². The van der Waals surface area contributed by atoms with E-state index in [-0.39, 0.29) is 0 Å². The molecule has 0 fully saturated rings. The summed E-state index contributed by atoms with van der Waals surface area (Å²) in [6.07, 6.45) is 2.12. The van der Waals surface area contributed by atoms with E-state index in [0.717, 1.165) is 5.22 Å². The number of hydrogen-bond donors (Lipinski definition) is 0. The van der Waals surface area contributed by atoms with E-state index in [1.807, 2.05) is 0 Å². The molecule has 13 heavy (non-hydrogen) atoms. The van der Waals surface area contributed by atoms with Gasteiger partial charge in [0.15, 0.2) is 0 Å². The van der Waals surface area contributed by atoms with Crippen LogP contribution in [0.3, 0.4) is 0 Å². The van der Waals surface area contributed by atoms with Crippen LogP contribution in [0.5, 0.6) is 0 Å². The molecule has 0 saturated carbocycles. The molecule has 0 bridgehead atoms. The monoisotopic (exact) mass is 168 g/mol. The molecule has 0 unspecified atom stereocenters. The molecule has 0 heteroatoms. The molecule has 0 aliphatic carbocycles. The molecule has 2 aromatic rings. The first kappa shape index (κ1) is 8.06. The van der Waals surface area contributed by atoms with Crippen molar-refractivity contribution in [1.29, 1.82) is 0 Å². The number of rotatable bonds is 0. The lowest BCUT2D eigenvalue weighted by molar-refractivity contribution is 1.58. The van der Waals surface area contributed by atoms with Gasteiger partial charge in [-0.15, -0.1) is 0 Å². The first-order chi connectivity index (χ1) is 6.33. The molecule has 0 atom stereocenters. The quantitative estimate of drug-likeness (QED) is 0.565. The van der Waals surface area contributed by atoms with Gasteiger partial charge in [-0.1, -0.05) is 49.1 Å². The fourth-order valence-electron chi connectivity index (χ4n) is 1.68. The summed E-state index contributed by atoms with van der Waals surface area (Å²) in [7, 11) is 0. The van der Waals surface area contributed by atoms with Crippen LogP contribution in [0.2, 0.25) is 0 Å². The second-order valence-electron chi connectivity index (χ2n) is 3.15. The topological polar surface area (TPSA) is 0 Å². The van der Waals surface area contributed by atoms with Gasteiger partial charge >= 0.3 is 0 Å². The van der Waals surface area contributed by atoms with Gasteiger partial charge in [-0.25, -0.2) is 0 Å². The maximum Gasteiger partial charge on any atom is -0.0109 e. The van der Waals surface area contributed by atoms with Gasteiger partial charge in [-0.2, -0.15) is 0 Å². The first-order valence-corrected chi connectivity index (χ1v) is 4.46. The fourth-order valence-corrected chi connectivity index (χ4v) is 1.68. The van der Waals surface area contributed by atoms with Gasteiger partial charge in [-0.05, 0) is 28.1 Å². The van der Waals surface area contributed by atoms with E-state index in [2.05, 4.69) is 56.0 Å². The molecule has 0 radical (unpaired) electrons. The van der Waals surface area contributed by atoms with Crippen molar-refractivity contribution >= 4 is 23.4 Å². The minimum Gasteiger partial charge on any atom is -0.0911 e. The lowest BCUT2D eigenvalue weighted by Crippen LogP contribution is -2.22. The van der Waals surface area contributed by atoms with E-state index >= 15 is 0 Å². The molecule has 2 aromatic carbocycles. The highest BCUT2D eigenvalue weighted by Gasteiger charge is 1.92. The van der Waals surface area contributed by atoms with Crippen LogP contribution in [0.1, 0.15) is 6.92 Å². The molecule has 0 saturated heterocycles. The van der Waals surface area contributed by atoms with Crippen LogP contribution in [0.15, 0.2) is 36.4 Å². The molecule has 0 nitrogen and oxygen atoms in total. The summed E-state index contributed by atoms with van der Waals surface area (Å²) >= 11 is 0. The zero-order valence-electron chi connectivity index (χ0n) is 7.75. The Bertz CT molecular complexity index is 535. The van der Waals surface area contributed by atoms with Gasteiger partial charge in [0.05, 0.1) is 0 Å². The lowest BCUT2D eigenvalue weighted by atomic mass is 10.1.